The molecule has 15 heteroatoms. The second-order valence-electron chi connectivity index (χ2n) is 5.46. The number of hydroxylamine groups is 1. The molecular weight excluding hydrogens is 471 g/mol. The second kappa shape index (κ2) is 11.6. The van der Waals surface area contributed by atoms with Crippen LogP contribution in [0, 0.1) is 15.9 Å². The van der Waals surface area contributed by atoms with Crippen LogP contribution >= 0.6 is 15.9 Å². The average molecular weight is 489 g/mol. The van der Waals surface area contributed by atoms with Crippen LogP contribution in [0.15, 0.2) is 44.3 Å². The highest BCUT2D eigenvalue weighted by Gasteiger charge is 2.16. The van der Waals surface area contributed by atoms with E-state index in [0.29, 0.717) is 5.69 Å². The number of aliphatic hydroxyl groups excluding tert-OH is 1. The summed E-state index contributed by atoms with van der Waals surface area (Å²) in [7, 11) is 0. The largest absolute Gasteiger partial charge is 0.395 e. The molecule has 1 aromatic heterocycles. The van der Waals surface area contributed by atoms with Gasteiger partial charge in [0, 0.05) is 19.6 Å². The van der Waals surface area contributed by atoms with E-state index in [9.17, 15) is 19.7 Å². The van der Waals surface area contributed by atoms with Gasteiger partial charge in [-0.1, -0.05) is 0 Å². The number of nitrogens with zero attached hydrogens (tertiary/aromatic N) is 4. The molecule has 2 rings (SSSR count). The molecule has 0 radical (unpaired) electrons. The second-order valence-corrected chi connectivity index (χ2v) is 6.32. The third-order valence-electron chi connectivity index (χ3n) is 3.36. The SMILES string of the molecule is O=[N+]([O-])C=C(NCCO)NCCNc1nonc1C(=Nc1ccc(F)c(Br)c1)NO. The Morgan fingerprint density at radius 3 is 2.77 bits per heavy atom. The number of benzene rings is 1. The van der Waals surface area contributed by atoms with Gasteiger partial charge in [-0.15, -0.1) is 0 Å². The first-order valence-corrected chi connectivity index (χ1v) is 9.18. The Balaban J connectivity index is 2.02. The van der Waals surface area contributed by atoms with Gasteiger partial charge in [0.15, 0.2) is 17.4 Å². The molecule has 0 spiro atoms. The van der Waals surface area contributed by atoms with E-state index in [4.69, 9.17) is 5.11 Å². The first-order chi connectivity index (χ1) is 14.4. The molecule has 6 N–H and O–H groups in total. The molecule has 0 aliphatic carbocycles. The third-order valence-corrected chi connectivity index (χ3v) is 3.97. The van der Waals surface area contributed by atoms with Crippen LogP contribution in [-0.4, -0.2) is 57.6 Å². The summed E-state index contributed by atoms with van der Waals surface area (Å²) in [5, 5.41) is 44.5. The van der Waals surface area contributed by atoms with E-state index in [-0.39, 0.29) is 53.9 Å². The molecule has 162 valence electrons. The Hall–Kier alpha value is -3.30. The Bertz CT molecular complexity index is 922. The molecular formula is C15H18BrFN8O5. The zero-order valence-electron chi connectivity index (χ0n) is 15.3. The lowest BCUT2D eigenvalue weighted by atomic mass is 10.3. The molecule has 0 saturated carbocycles. The van der Waals surface area contributed by atoms with Crippen LogP contribution in [0.5, 0.6) is 0 Å². The standard InChI is InChI=1S/C15H18BrFN8O5/c16-10-7-9(1-2-11(10)17)21-15(22-27)13-14(24-30-23-13)20-4-3-18-12(8-25(28)29)19-5-6-26/h1-2,7-8,18-19,26-27H,3-6H2,(H,20,24)(H,21,22). The number of nitrogens with one attached hydrogen (secondary N) is 4. The van der Waals surface area contributed by atoms with Crippen LogP contribution in [0.25, 0.3) is 0 Å². The molecule has 30 heavy (non-hydrogen) atoms. The molecule has 0 fully saturated rings. The number of rotatable bonds is 11. The number of aromatic nitrogens is 2. The molecule has 0 saturated heterocycles. The number of amidine groups is 1. The summed E-state index contributed by atoms with van der Waals surface area (Å²) in [4.78, 5) is 14.1. The van der Waals surface area contributed by atoms with Crippen molar-refractivity contribution in [1.29, 1.82) is 0 Å². The van der Waals surface area contributed by atoms with Gasteiger partial charge in [-0.3, -0.25) is 20.8 Å². The molecule has 1 aromatic carbocycles. The molecule has 2 aromatic rings. The minimum Gasteiger partial charge on any atom is -0.395 e. The fourth-order valence-electron chi connectivity index (χ4n) is 2.10. The first-order valence-electron chi connectivity index (χ1n) is 8.39. The van der Waals surface area contributed by atoms with Crippen molar-refractivity contribution >= 4 is 33.3 Å². The smallest absolute Gasteiger partial charge is 0.274 e. The minimum absolute atomic E-state index is 0.0532. The lowest BCUT2D eigenvalue weighted by Crippen LogP contribution is -2.32. The summed E-state index contributed by atoms with van der Waals surface area (Å²) in [6, 6.07) is 3.99. The quantitative estimate of drug-likeness (QED) is 0.0858. The number of aliphatic imine (C=N–C) groups is 1. The number of hydrogen-bond acceptors (Lipinski definition) is 11. The maximum absolute atomic E-state index is 13.4. The molecule has 1 heterocycles. The summed E-state index contributed by atoms with van der Waals surface area (Å²) in [5.41, 5.74) is 2.26. The van der Waals surface area contributed by atoms with Crippen molar-refractivity contribution in [2.75, 3.05) is 31.6 Å². The van der Waals surface area contributed by atoms with Gasteiger partial charge in [0.05, 0.1) is 21.7 Å². The van der Waals surface area contributed by atoms with Gasteiger partial charge in [0.25, 0.3) is 6.20 Å². The molecule has 13 nitrogen and oxygen atoms in total. The molecule has 0 aliphatic heterocycles. The van der Waals surface area contributed by atoms with Crippen LogP contribution in [-0.2, 0) is 0 Å². The summed E-state index contributed by atoms with van der Waals surface area (Å²) in [5.74, 6) is -0.315. The van der Waals surface area contributed by atoms with Crippen molar-refractivity contribution in [2.24, 2.45) is 4.99 Å². The zero-order valence-corrected chi connectivity index (χ0v) is 16.9. The van der Waals surface area contributed by atoms with E-state index >= 15 is 0 Å². The Labute approximate surface area is 177 Å². The summed E-state index contributed by atoms with van der Waals surface area (Å²) in [6.07, 6.45) is 0.736. The highest BCUT2D eigenvalue weighted by Crippen LogP contribution is 2.23. The van der Waals surface area contributed by atoms with Crippen molar-refractivity contribution in [2.45, 2.75) is 0 Å². The molecule has 0 atom stereocenters. The number of aliphatic hydroxyl groups is 1. The van der Waals surface area contributed by atoms with Crippen molar-refractivity contribution in [1.82, 2.24) is 26.4 Å². The third kappa shape index (κ3) is 6.94. The maximum atomic E-state index is 13.4. The van der Waals surface area contributed by atoms with Gasteiger partial charge in [-0.2, -0.15) is 0 Å². The van der Waals surface area contributed by atoms with Gasteiger partial charge in [-0.25, -0.2) is 14.0 Å². The van der Waals surface area contributed by atoms with Crippen LogP contribution in [0.2, 0.25) is 0 Å². The van der Waals surface area contributed by atoms with Gasteiger partial charge in [0.1, 0.15) is 5.82 Å². The fourth-order valence-corrected chi connectivity index (χ4v) is 2.47. The molecule has 0 aliphatic rings. The Morgan fingerprint density at radius 1 is 1.33 bits per heavy atom. The highest BCUT2D eigenvalue weighted by atomic mass is 79.9. The predicted octanol–water partition coefficient (Wildman–Crippen LogP) is 0.687. The topological polar surface area (TPSA) is 183 Å². The van der Waals surface area contributed by atoms with E-state index in [1.165, 1.54) is 18.2 Å². The maximum Gasteiger partial charge on any atom is 0.274 e. The van der Waals surface area contributed by atoms with Crippen LogP contribution in [0.4, 0.5) is 15.9 Å². The van der Waals surface area contributed by atoms with Gasteiger partial charge in [0.2, 0.25) is 5.82 Å². The fraction of sp³-hybridized carbons (Fsp3) is 0.267. The zero-order chi connectivity index (χ0) is 21.9. The monoisotopic (exact) mass is 488 g/mol. The van der Waals surface area contributed by atoms with E-state index < -0.39 is 10.7 Å². The highest BCUT2D eigenvalue weighted by molar-refractivity contribution is 9.10. The molecule has 0 amide bonds. The van der Waals surface area contributed by atoms with E-state index in [1.54, 1.807) is 0 Å². The van der Waals surface area contributed by atoms with E-state index in [0.717, 1.165) is 6.20 Å². The normalized spacial score (nSPS) is 11.9. The Kier molecular flexibility index (Phi) is 8.92. The van der Waals surface area contributed by atoms with E-state index in [1.807, 2.05) is 5.48 Å². The van der Waals surface area contributed by atoms with Gasteiger partial charge >= 0.3 is 0 Å². The number of halogens is 2. The number of hydrogen-bond donors (Lipinski definition) is 6. The summed E-state index contributed by atoms with van der Waals surface area (Å²) in [6.45, 7) is 0.412. The van der Waals surface area contributed by atoms with Crippen molar-refractivity contribution in [3.8, 4) is 0 Å². The average Bonchev–Trinajstić information content (AvgIpc) is 3.17. The van der Waals surface area contributed by atoms with Crippen LogP contribution in [0.3, 0.4) is 0 Å². The van der Waals surface area contributed by atoms with Crippen molar-refractivity contribution < 1.29 is 24.3 Å². The van der Waals surface area contributed by atoms with E-state index in [2.05, 4.69) is 51.8 Å². The lowest BCUT2D eigenvalue weighted by Gasteiger charge is -2.11. The van der Waals surface area contributed by atoms with Gasteiger partial charge in [-0.05, 0) is 44.4 Å². The first kappa shape index (κ1) is 23.0. The van der Waals surface area contributed by atoms with Crippen LogP contribution in [0.1, 0.15) is 5.69 Å². The number of nitro groups is 1. The predicted molar refractivity (Wildman–Crippen MR) is 106 cm³/mol. The number of anilines is 1. The summed E-state index contributed by atoms with van der Waals surface area (Å²) >= 11 is 3.05. The molecule has 0 unspecified atom stereocenters. The van der Waals surface area contributed by atoms with Gasteiger partial charge < -0.3 is 21.1 Å². The van der Waals surface area contributed by atoms with Crippen molar-refractivity contribution in [3.05, 3.63) is 56.3 Å². The van der Waals surface area contributed by atoms with Crippen molar-refractivity contribution in [3.63, 3.8) is 0 Å². The minimum atomic E-state index is -0.636. The lowest BCUT2D eigenvalue weighted by molar-refractivity contribution is -0.404. The van der Waals surface area contributed by atoms with Crippen LogP contribution < -0.4 is 21.4 Å². The summed E-state index contributed by atoms with van der Waals surface area (Å²) < 4.78 is 18.2. The Morgan fingerprint density at radius 2 is 2.10 bits per heavy atom. The molecule has 0 bridgehead atoms.